The summed E-state index contributed by atoms with van der Waals surface area (Å²) in [4.78, 5) is 0. The van der Waals surface area contributed by atoms with Crippen molar-refractivity contribution in [2.45, 2.75) is 19.3 Å². The lowest BCUT2D eigenvalue weighted by atomic mass is 10.2. The summed E-state index contributed by atoms with van der Waals surface area (Å²) in [5.74, 6) is -1.14. The lowest BCUT2D eigenvalue weighted by Gasteiger charge is -2.06. The second kappa shape index (κ2) is 6.35. The zero-order chi connectivity index (χ0) is 11.1. The maximum Gasteiger partial charge on any atom is 0.149 e. The minimum Gasteiger partial charge on any atom is -0.396 e. The molecule has 0 unspecified atom stereocenters. The summed E-state index contributed by atoms with van der Waals surface area (Å²) >= 11 is 0. The fraction of sp³-hybridized carbons (Fsp3) is 0.455. The summed E-state index contributed by atoms with van der Waals surface area (Å²) in [5, 5.41) is 11.4. The van der Waals surface area contributed by atoms with Crippen LogP contribution in [0.2, 0.25) is 0 Å². The Labute approximate surface area is 87.9 Å². The molecule has 0 radical (unpaired) electrons. The van der Waals surface area contributed by atoms with E-state index in [9.17, 15) is 8.78 Å². The molecule has 4 heteroatoms. The van der Waals surface area contributed by atoms with E-state index < -0.39 is 11.6 Å². The highest BCUT2D eigenvalue weighted by molar-refractivity contribution is 5.44. The van der Waals surface area contributed by atoms with Crippen molar-refractivity contribution in [2.24, 2.45) is 0 Å². The van der Waals surface area contributed by atoms with Gasteiger partial charge in [0.2, 0.25) is 0 Å². The zero-order valence-electron chi connectivity index (χ0n) is 8.47. The fourth-order valence-electron chi connectivity index (χ4n) is 1.27. The third kappa shape index (κ3) is 4.25. The summed E-state index contributed by atoms with van der Waals surface area (Å²) < 4.78 is 25.6. The van der Waals surface area contributed by atoms with Crippen molar-refractivity contribution in [3.8, 4) is 0 Å². The van der Waals surface area contributed by atoms with E-state index in [1.165, 1.54) is 12.1 Å². The quantitative estimate of drug-likeness (QED) is 0.715. The van der Waals surface area contributed by atoms with Gasteiger partial charge < -0.3 is 10.4 Å². The van der Waals surface area contributed by atoms with Gasteiger partial charge in [0.15, 0.2) is 0 Å². The average Bonchev–Trinajstić information content (AvgIpc) is 2.20. The van der Waals surface area contributed by atoms with Crippen molar-refractivity contribution in [3.63, 3.8) is 0 Å². The molecule has 0 saturated heterocycles. The fourth-order valence-corrected chi connectivity index (χ4v) is 1.27. The van der Waals surface area contributed by atoms with Crippen LogP contribution in [0.15, 0.2) is 18.2 Å². The SMILES string of the molecule is OCCCCCNc1ccc(F)cc1F. The molecule has 1 aromatic rings. The Kier molecular flexibility index (Phi) is 5.04. The lowest BCUT2D eigenvalue weighted by Crippen LogP contribution is -2.03. The van der Waals surface area contributed by atoms with Crippen molar-refractivity contribution < 1.29 is 13.9 Å². The third-order valence-corrected chi connectivity index (χ3v) is 2.08. The van der Waals surface area contributed by atoms with Gasteiger partial charge in [-0.2, -0.15) is 0 Å². The predicted octanol–water partition coefficient (Wildman–Crippen LogP) is 2.54. The Hall–Kier alpha value is -1.16. The van der Waals surface area contributed by atoms with E-state index >= 15 is 0 Å². The molecule has 84 valence electrons. The molecule has 0 aromatic heterocycles. The molecule has 0 bridgehead atoms. The Morgan fingerprint density at radius 1 is 1.13 bits per heavy atom. The van der Waals surface area contributed by atoms with E-state index in [0.29, 0.717) is 12.2 Å². The van der Waals surface area contributed by atoms with Gasteiger partial charge in [-0.05, 0) is 31.4 Å². The first-order valence-electron chi connectivity index (χ1n) is 5.04. The van der Waals surface area contributed by atoms with Crippen molar-refractivity contribution in [1.82, 2.24) is 0 Å². The summed E-state index contributed by atoms with van der Waals surface area (Å²) in [6.45, 7) is 0.813. The highest BCUT2D eigenvalue weighted by atomic mass is 19.1. The molecular weight excluding hydrogens is 200 g/mol. The number of hydrogen-bond acceptors (Lipinski definition) is 2. The van der Waals surface area contributed by atoms with Gasteiger partial charge in [-0.15, -0.1) is 0 Å². The first-order valence-corrected chi connectivity index (χ1v) is 5.04. The normalized spacial score (nSPS) is 10.3. The number of rotatable bonds is 6. The van der Waals surface area contributed by atoms with E-state index in [1.54, 1.807) is 0 Å². The van der Waals surface area contributed by atoms with Crippen molar-refractivity contribution in [2.75, 3.05) is 18.5 Å². The van der Waals surface area contributed by atoms with Gasteiger partial charge in [0.25, 0.3) is 0 Å². The maximum absolute atomic E-state index is 13.1. The Bertz CT molecular complexity index is 305. The number of aliphatic hydroxyl groups excluding tert-OH is 1. The molecule has 0 aliphatic heterocycles. The summed E-state index contributed by atoms with van der Waals surface area (Å²) in [6, 6.07) is 3.46. The summed E-state index contributed by atoms with van der Waals surface area (Å²) in [5.41, 5.74) is 0.320. The van der Waals surface area contributed by atoms with Gasteiger partial charge >= 0.3 is 0 Å². The van der Waals surface area contributed by atoms with Gasteiger partial charge in [0.05, 0.1) is 5.69 Å². The van der Waals surface area contributed by atoms with E-state index in [1.807, 2.05) is 0 Å². The first kappa shape index (κ1) is 11.9. The number of nitrogens with one attached hydrogen (secondary N) is 1. The summed E-state index contributed by atoms with van der Waals surface area (Å²) in [7, 11) is 0. The Balaban J connectivity index is 2.31. The number of halogens is 2. The molecule has 0 atom stereocenters. The zero-order valence-corrected chi connectivity index (χ0v) is 8.47. The Morgan fingerprint density at radius 3 is 2.60 bits per heavy atom. The van der Waals surface area contributed by atoms with E-state index in [0.717, 1.165) is 25.3 Å². The molecule has 0 heterocycles. The maximum atomic E-state index is 13.1. The van der Waals surface area contributed by atoms with Crippen molar-refractivity contribution >= 4 is 5.69 Å². The van der Waals surface area contributed by atoms with Crippen molar-refractivity contribution in [1.29, 1.82) is 0 Å². The van der Waals surface area contributed by atoms with Crippen LogP contribution in [-0.4, -0.2) is 18.3 Å². The predicted molar refractivity (Wildman–Crippen MR) is 55.8 cm³/mol. The number of hydrogen-bond donors (Lipinski definition) is 2. The number of unbranched alkanes of at least 4 members (excludes halogenated alkanes) is 2. The number of anilines is 1. The van der Waals surface area contributed by atoms with Crippen LogP contribution < -0.4 is 5.32 Å². The minimum atomic E-state index is -0.572. The second-order valence-electron chi connectivity index (χ2n) is 3.34. The van der Waals surface area contributed by atoms with Crippen LogP contribution in [0.5, 0.6) is 0 Å². The van der Waals surface area contributed by atoms with Crippen LogP contribution in [0.3, 0.4) is 0 Å². The summed E-state index contributed by atoms with van der Waals surface area (Å²) in [6.07, 6.45) is 2.51. The minimum absolute atomic E-state index is 0.185. The molecule has 0 saturated carbocycles. The van der Waals surface area contributed by atoms with Gasteiger partial charge in [0, 0.05) is 19.2 Å². The van der Waals surface area contributed by atoms with Gasteiger partial charge in [-0.25, -0.2) is 8.78 Å². The van der Waals surface area contributed by atoms with Gasteiger partial charge in [-0.1, -0.05) is 0 Å². The van der Waals surface area contributed by atoms with Gasteiger partial charge in [0.1, 0.15) is 11.6 Å². The average molecular weight is 215 g/mol. The molecule has 1 rings (SSSR count). The first-order chi connectivity index (χ1) is 7.24. The molecule has 0 fully saturated rings. The smallest absolute Gasteiger partial charge is 0.149 e. The molecule has 2 N–H and O–H groups in total. The van der Waals surface area contributed by atoms with Crippen LogP contribution >= 0.6 is 0 Å². The third-order valence-electron chi connectivity index (χ3n) is 2.08. The largest absolute Gasteiger partial charge is 0.396 e. The topological polar surface area (TPSA) is 32.3 Å². The van der Waals surface area contributed by atoms with Gasteiger partial charge in [-0.3, -0.25) is 0 Å². The van der Waals surface area contributed by atoms with E-state index in [-0.39, 0.29) is 6.61 Å². The van der Waals surface area contributed by atoms with Crippen LogP contribution in [0.4, 0.5) is 14.5 Å². The van der Waals surface area contributed by atoms with Crippen LogP contribution in [0.25, 0.3) is 0 Å². The number of benzene rings is 1. The van der Waals surface area contributed by atoms with E-state index in [2.05, 4.69) is 5.32 Å². The lowest BCUT2D eigenvalue weighted by molar-refractivity contribution is 0.283. The monoisotopic (exact) mass is 215 g/mol. The van der Waals surface area contributed by atoms with Crippen molar-refractivity contribution in [3.05, 3.63) is 29.8 Å². The molecule has 0 aliphatic carbocycles. The van der Waals surface area contributed by atoms with Crippen LogP contribution in [0.1, 0.15) is 19.3 Å². The molecule has 0 spiro atoms. The molecule has 0 aliphatic rings. The van der Waals surface area contributed by atoms with Crippen LogP contribution in [0, 0.1) is 11.6 Å². The molecule has 2 nitrogen and oxygen atoms in total. The molecule has 1 aromatic carbocycles. The highest BCUT2D eigenvalue weighted by Gasteiger charge is 2.01. The van der Waals surface area contributed by atoms with E-state index in [4.69, 9.17) is 5.11 Å². The molecular formula is C11H15F2NO. The Morgan fingerprint density at radius 2 is 1.93 bits per heavy atom. The number of aliphatic hydroxyl groups is 1. The molecule has 0 amide bonds. The van der Waals surface area contributed by atoms with Crippen LogP contribution in [-0.2, 0) is 0 Å². The second-order valence-corrected chi connectivity index (χ2v) is 3.34. The molecule has 15 heavy (non-hydrogen) atoms. The standard InChI is InChI=1S/C11H15F2NO/c12-9-4-5-11(10(13)8-9)14-6-2-1-3-7-15/h4-5,8,14-15H,1-3,6-7H2. The highest BCUT2D eigenvalue weighted by Crippen LogP contribution is 2.14.